The first-order valence-electron chi connectivity index (χ1n) is 7.59. The van der Waals surface area contributed by atoms with E-state index >= 15 is 0 Å². The number of halogens is 2. The summed E-state index contributed by atoms with van der Waals surface area (Å²) in [6.07, 6.45) is 0.0689. The lowest BCUT2D eigenvalue weighted by molar-refractivity contribution is -0.384. The maximum absolute atomic E-state index is 11.8. The molecule has 1 aromatic carbocycles. The molecule has 138 valence electrons. The van der Waals surface area contributed by atoms with Crippen molar-refractivity contribution < 1.29 is 23.6 Å². The quantitative estimate of drug-likeness (QED) is 0.469. The van der Waals surface area contributed by atoms with Gasteiger partial charge in [-0.25, -0.2) is 0 Å². The lowest BCUT2D eigenvalue weighted by Crippen LogP contribution is -2.48. The number of nitro benzene ring substituents is 1. The van der Waals surface area contributed by atoms with Crippen LogP contribution in [0.4, 0.5) is 5.69 Å². The van der Waals surface area contributed by atoms with Crippen LogP contribution < -0.4 is 5.32 Å². The van der Waals surface area contributed by atoms with Crippen molar-refractivity contribution in [3.8, 4) is 0 Å². The summed E-state index contributed by atoms with van der Waals surface area (Å²) in [4.78, 5) is 20.9. The molecular formula is C16H14Cl2N2O6. The van der Waals surface area contributed by atoms with Gasteiger partial charge in [-0.1, -0.05) is 23.2 Å². The number of nitrogens with zero attached hydrogens (tertiary/aromatic N) is 1. The van der Waals surface area contributed by atoms with E-state index in [1.807, 2.05) is 0 Å². The lowest BCUT2D eigenvalue weighted by atomic mass is 10.0. The molecule has 0 bridgehead atoms. The number of nitrogens with one attached hydrogen (secondary N) is 1. The number of carbonyl (C=O) groups excluding carboxylic acids is 1. The molecule has 0 spiro atoms. The zero-order valence-electron chi connectivity index (χ0n) is 13.2. The second kappa shape index (κ2) is 8.05. The summed E-state index contributed by atoms with van der Waals surface area (Å²) in [5, 5.41) is 13.5. The molecule has 2 heterocycles. The standard InChI is InChI=1S/C16H14Cl2N2O6/c17-14(18)15(21)19-11-8-25-16(12-2-1-7-24-12)26-13(11)9-3-5-10(6-4-9)20(22)23/h1-7,11,13-14,16H,8H2,(H,19,21)/t11-,13?,16+/m0/s1. The van der Waals surface area contributed by atoms with Gasteiger partial charge in [-0.2, -0.15) is 0 Å². The third kappa shape index (κ3) is 4.16. The Labute approximate surface area is 158 Å². The number of alkyl halides is 2. The average Bonchev–Trinajstić information content (AvgIpc) is 3.16. The minimum absolute atomic E-state index is 0.0504. The van der Waals surface area contributed by atoms with Gasteiger partial charge < -0.3 is 19.2 Å². The van der Waals surface area contributed by atoms with E-state index in [4.69, 9.17) is 37.1 Å². The highest BCUT2D eigenvalue weighted by Crippen LogP contribution is 2.35. The van der Waals surface area contributed by atoms with Crippen molar-refractivity contribution in [2.75, 3.05) is 6.61 Å². The Kier molecular flexibility index (Phi) is 5.77. The van der Waals surface area contributed by atoms with E-state index in [1.165, 1.54) is 18.4 Å². The number of hydrogen-bond acceptors (Lipinski definition) is 6. The Hall–Kier alpha value is -2.13. The Bertz CT molecular complexity index is 766. The Morgan fingerprint density at radius 2 is 2.00 bits per heavy atom. The summed E-state index contributed by atoms with van der Waals surface area (Å²) < 4.78 is 16.8. The summed E-state index contributed by atoms with van der Waals surface area (Å²) in [6.45, 7) is 0.110. The van der Waals surface area contributed by atoms with E-state index < -0.39 is 34.1 Å². The molecule has 10 heteroatoms. The van der Waals surface area contributed by atoms with E-state index in [0.717, 1.165) is 0 Å². The first kappa shape index (κ1) is 18.7. The van der Waals surface area contributed by atoms with Gasteiger partial charge in [0.05, 0.1) is 23.8 Å². The van der Waals surface area contributed by atoms with Crippen LogP contribution in [0, 0.1) is 10.1 Å². The first-order chi connectivity index (χ1) is 12.5. The Balaban J connectivity index is 1.84. The largest absolute Gasteiger partial charge is 0.464 e. The number of rotatable bonds is 5. The molecule has 1 aliphatic heterocycles. The highest BCUT2D eigenvalue weighted by Gasteiger charge is 2.36. The van der Waals surface area contributed by atoms with E-state index in [9.17, 15) is 14.9 Å². The molecule has 1 aromatic heterocycles. The van der Waals surface area contributed by atoms with E-state index in [-0.39, 0.29) is 12.3 Å². The summed E-state index contributed by atoms with van der Waals surface area (Å²) in [5.74, 6) is -0.122. The maximum atomic E-state index is 11.8. The molecule has 3 atom stereocenters. The maximum Gasteiger partial charge on any atom is 0.269 e. The fourth-order valence-electron chi connectivity index (χ4n) is 2.58. The third-order valence-electron chi connectivity index (χ3n) is 3.80. The molecule has 1 fully saturated rings. The summed E-state index contributed by atoms with van der Waals surface area (Å²) in [7, 11) is 0. The summed E-state index contributed by atoms with van der Waals surface area (Å²) in [5.41, 5.74) is 0.576. The van der Waals surface area contributed by atoms with E-state index in [1.54, 1.807) is 24.3 Å². The second-order valence-electron chi connectivity index (χ2n) is 5.50. The van der Waals surface area contributed by atoms with Crippen LogP contribution in [-0.2, 0) is 14.3 Å². The smallest absolute Gasteiger partial charge is 0.269 e. The zero-order chi connectivity index (χ0) is 18.7. The number of nitro groups is 1. The van der Waals surface area contributed by atoms with Gasteiger partial charge in [-0.15, -0.1) is 0 Å². The van der Waals surface area contributed by atoms with Crippen LogP contribution >= 0.6 is 23.2 Å². The van der Waals surface area contributed by atoms with Gasteiger partial charge in [0.25, 0.3) is 11.6 Å². The van der Waals surface area contributed by atoms with Crippen molar-refractivity contribution in [3.63, 3.8) is 0 Å². The van der Waals surface area contributed by atoms with Gasteiger partial charge in [0.1, 0.15) is 6.10 Å². The van der Waals surface area contributed by atoms with Gasteiger partial charge in [-0.3, -0.25) is 14.9 Å². The molecule has 1 aliphatic rings. The highest BCUT2D eigenvalue weighted by atomic mass is 35.5. The van der Waals surface area contributed by atoms with Crippen LogP contribution in [0.3, 0.4) is 0 Å². The van der Waals surface area contributed by atoms with Crippen molar-refractivity contribution in [1.29, 1.82) is 0 Å². The lowest BCUT2D eigenvalue weighted by Gasteiger charge is -2.36. The molecule has 0 radical (unpaired) electrons. The molecule has 1 saturated heterocycles. The molecule has 1 unspecified atom stereocenters. The fourth-order valence-corrected chi connectivity index (χ4v) is 2.71. The van der Waals surface area contributed by atoms with Gasteiger partial charge in [0.15, 0.2) is 10.6 Å². The number of ether oxygens (including phenoxy) is 2. The van der Waals surface area contributed by atoms with Crippen LogP contribution in [0.25, 0.3) is 0 Å². The molecule has 0 saturated carbocycles. The van der Waals surface area contributed by atoms with Gasteiger partial charge >= 0.3 is 0 Å². The summed E-state index contributed by atoms with van der Waals surface area (Å²) >= 11 is 11.2. The summed E-state index contributed by atoms with van der Waals surface area (Å²) in [6, 6.07) is 8.65. The fraction of sp³-hybridized carbons (Fsp3) is 0.312. The number of benzene rings is 1. The monoisotopic (exact) mass is 400 g/mol. The SMILES string of the molecule is O=C(N[C@H]1CO[C@@H](c2ccco2)OC1c1ccc([N+](=O)[O-])cc1)C(Cl)Cl. The van der Waals surface area contributed by atoms with Crippen LogP contribution in [0.1, 0.15) is 23.7 Å². The minimum atomic E-state index is -1.24. The third-order valence-corrected chi connectivity index (χ3v) is 4.19. The number of carbonyl (C=O) groups is 1. The second-order valence-corrected chi connectivity index (χ2v) is 6.60. The van der Waals surface area contributed by atoms with Crippen molar-refractivity contribution >= 4 is 34.8 Å². The highest BCUT2D eigenvalue weighted by molar-refractivity contribution is 6.53. The number of hydrogen-bond donors (Lipinski definition) is 1. The molecule has 26 heavy (non-hydrogen) atoms. The van der Waals surface area contributed by atoms with Crippen LogP contribution in [-0.4, -0.2) is 28.3 Å². The van der Waals surface area contributed by atoms with Crippen LogP contribution in [0.15, 0.2) is 47.1 Å². The number of amides is 1. The van der Waals surface area contributed by atoms with Crippen LogP contribution in [0.5, 0.6) is 0 Å². The van der Waals surface area contributed by atoms with Crippen molar-refractivity contribution in [2.45, 2.75) is 23.3 Å². The molecule has 1 amide bonds. The van der Waals surface area contributed by atoms with Gasteiger partial charge in [-0.05, 0) is 29.8 Å². The first-order valence-corrected chi connectivity index (χ1v) is 8.46. The predicted octanol–water partition coefficient (Wildman–Crippen LogP) is 3.26. The average molecular weight is 401 g/mol. The zero-order valence-corrected chi connectivity index (χ0v) is 14.7. The molecule has 1 N–H and O–H groups in total. The number of non-ortho nitro benzene ring substituents is 1. The number of furan rings is 1. The normalized spacial score (nSPS) is 23.0. The van der Waals surface area contributed by atoms with E-state index in [2.05, 4.69) is 5.32 Å². The topological polar surface area (TPSA) is 104 Å². The molecule has 2 aromatic rings. The van der Waals surface area contributed by atoms with Crippen molar-refractivity contribution in [2.24, 2.45) is 0 Å². The van der Waals surface area contributed by atoms with Gasteiger partial charge in [0, 0.05) is 12.1 Å². The molecule has 8 nitrogen and oxygen atoms in total. The Morgan fingerprint density at radius 3 is 2.58 bits per heavy atom. The van der Waals surface area contributed by atoms with Crippen molar-refractivity contribution in [1.82, 2.24) is 5.32 Å². The van der Waals surface area contributed by atoms with Crippen LogP contribution in [0.2, 0.25) is 0 Å². The minimum Gasteiger partial charge on any atom is -0.464 e. The van der Waals surface area contributed by atoms with E-state index in [0.29, 0.717) is 11.3 Å². The molecule has 0 aliphatic carbocycles. The molecular weight excluding hydrogens is 387 g/mol. The van der Waals surface area contributed by atoms with Gasteiger partial charge in [0.2, 0.25) is 6.29 Å². The predicted molar refractivity (Wildman–Crippen MR) is 91.7 cm³/mol. The van der Waals surface area contributed by atoms with Crippen molar-refractivity contribution in [3.05, 3.63) is 64.1 Å². The molecule has 3 rings (SSSR count). The Morgan fingerprint density at radius 1 is 1.27 bits per heavy atom.